The highest BCUT2D eigenvalue weighted by molar-refractivity contribution is 7.85. The average Bonchev–Trinajstić information content (AvgIpc) is 3.50. The third-order valence-corrected chi connectivity index (χ3v) is 8.11. The van der Waals surface area contributed by atoms with Crippen molar-refractivity contribution in [2.45, 2.75) is 29.6 Å². The van der Waals surface area contributed by atoms with Gasteiger partial charge in [-0.25, -0.2) is 14.4 Å². The van der Waals surface area contributed by atoms with Crippen molar-refractivity contribution >= 4 is 38.5 Å². The van der Waals surface area contributed by atoms with Crippen molar-refractivity contribution in [3.8, 4) is 10.6 Å². The summed E-state index contributed by atoms with van der Waals surface area (Å²) >= 11 is 1.33. The topological polar surface area (TPSA) is 80.1 Å². The normalized spacial score (nSPS) is 15.5. The van der Waals surface area contributed by atoms with Gasteiger partial charge in [0.25, 0.3) is 0 Å². The summed E-state index contributed by atoms with van der Waals surface area (Å²) in [5.41, 5.74) is 3.25. The first kappa shape index (κ1) is 20.9. The SMILES string of the molecule is O=C(O)CCS(=O)c1ccc(-c2nc3ccc(C4(c5ccccc5)CC4)nc3s2)c(F)c1. The van der Waals surface area contributed by atoms with Crippen molar-refractivity contribution in [1.82, 2.24) is 9.97 Å². The number of carboxylic acid groups (broad SMARTS) is 1. The maximum atomic E-state index is 14.8. The molecule has 5 nitrogen and oxygen atoms in total. The summed E-state index contributed by atoms with van der Waals surface area (Å²) in [4.78, 5) is 21.1. The molecule has 2 aromatic carbocycles. The third kappa shape index (κ3) is 3.84. The second kappa shape index (κ2) is 8.18. The van der Waals surface area contributed by atoms with Crippen LogP contribution < -0.4 is 0 Å². The maximum Gasteiger partial charge on any atom is 0.304 e. The molecule has 1 unspecified atom stereocenters. The van der Waals surface area contributed by atoms with Crippen LogP contribution in [0.4, 0.5) is 4.39 Å². The van der Waals surface area contributed by atoms with Gasteiger partial charge in [0.05, 0.1) is 22.9 Å². The summed E-state index contributed by atoms with van der Waals surface area (Å²) in [5, 5.41) is 9.25. The van der Waals surface area contributed by atoms with Gasteiger partial charge in [0, 0.05) is 21.6 Å². The molecule has 4 aromatic rings. The first-order valence-electron chi connectivity index (χ1n) is 10.2. The zero-order chi connectivity index (χ0) is 22.3. The molecule has 0 bridgehead atoms. The molecule has 1 atom stereocenters. The van der Waals surface area contributed by atoms with E-state index in [2.05, 4.69) is 17.1 Å². The van der Waals surface area contributed by atoms with Crippen molar-refractivity contribution < 1.29 is 18.5 Å². The van der Waals surface area contributed by atoms with Gasteiger partial charge < -0.3 is 5.11 Å². The molecule has 1 aliphatic rings. The molecule has 0 spiro atoms. The minimum Gasteiger partial charge on any atom is -0.481 e. The summed E-state index contributed by atoms with van der Waals surface area (Å²) in [6.45, 7) is 0. The molecule has 1 N–H and O–H groups in total. The van der Waals surface area contributed by atoms with Gasteiger partial charge in [-0.3, -0.25) is 9.00 Å². The molecule has 2 aromatic heterocycles. The first-order chi connectivity index (χ1) is 15.5. The molecule has 0 radical (unpaired) electrons. The molecule has 5 rings (SSSR count). The van der Waals surface area contributed by atoms with E-state index >= 15 is 0 Å². The Kier molecular flexibility index (Phi) is 5.35. The van der Waals surface area contributed by atoms with Crippen molar-refractivity contribution in [3.05, 3.63) is 77.7 Å². The number of aliphatic carboxylic acids is 1. The minimum absolute atomic E-state index is 0.0491. The van der Waals surface area contributed by atoms with Crippen molar-refractivity contribution in [1.29, 1.82) is 0 Å². The highest BCUT2D eigenvalue weighted by Crippen LogP contribution is 2.53. The standard InChI is InChI=1S/C24H19FN2O3S2/c25-18-14-16(32(30)13-10-21(28)29)6-7-17(18)22-26-19-8-9-20(27-23(19)31-22)24(11-12-24)15-4-2-1-3-5-15/h1-9,14H,10-13H2,(H,28,29). The molecular weight excluding hydrogens is 447 g/mol. The fourth-order valence-electron chi connectivity index (χ4n) is 3.88. The number of thiazole rings is 1. The smallest absolute Gasteiger partial charge is 0.304 e. The minimum atomic E-state index is -1.57. The van der Waals surface area contributed by atoms with Crippen molar-refractivity contribution in [2.24, 2.45) is 0 Å². The van der Waals surface area contributed by atoms with E-state index in [0.29, 0.717) is 16.1 Å². The van der Waals surface area contributed by atoms with Gasteiger partial charge in [0.15, 0.2) is 0 Å². The molecule has 162 valence electrons. The van der Waals surface area contributed by atoms with Gasteiger partial charge in [-0.15, -0.1) is 0 Å². The number of nitrogens with zero attached hydrogens (tertiary/aromatic N) is 2. The average molecular weight is 467 g/mol. The van der Waals surface area contributed by atoms with Crippen molar-refractivity contribution in [2.75, 3.05) is 5.75 Å². The lowest BCUT2D eigenvalue weighted by atomic mass is 9.92. The van der Waals surface area contributed by atoms with E-state index in [-0.39, 0.29) is 22.5 Å². The zero-order valence-electron chi connectivity index (χ0n) is 17.0. The third-order valence-electron chi connectivity index (χ3n) is 5.76. The number of benzene rings is 2. The number of hydrogen-bond donors (Lipinski definition) is 1. The van der Waals surface area contributed by atoms with Crippen LogP contribution in [0.25, 0.3) is 20.9 Å². The molecule has 1 saturated carbocycles. The number of carboxylic acids is 1. The molecule has 32 heavy (non-hydrogen) atoms. The van der Waals surface area contributed by atoms with E-state index in [9.17, 15) is 13.4 Å². The van der Waals surface area contributed by atoms with E-state index in [1.807, 2.05) is 30.3 Å². The lowest BCUT2D eigenvalue weighted by Crippen LogP contribution is -2.10. The van der Waals surface area contributed by atoms with Crippen LogP contribution >= 0.6 is 11.3 Å². The lowest BCUT2D eigenvalue weighted by Gasteiger charge is -2.14. The molecule has 0 amide bonds. The van der Waals surface area contributed by atoms with Crippen LogP contribution in [-0.4, -0.2) is 31.0 Å². The monoisotopic (exact) mass is 466 g/mol. The zero-order valence-corrected chi connectivity index (χ0v) is 18.6. The second-order valence-electron chi connectivity index (χ2n) is 7.82. The van der Waals surface area contributed by atoms with Crippen LogP contribution in [-0.2, 0) is 21.0 Å². The van der Waals surface area contributed by atoms with E-state index in [1.54, 1.807) is 12.1 Å². The lowest BCUT2D eigenvalue weighted by molar-refractivity contribution is -0.136. The molecule has 1 fully saturated rings. The summed E-state index contributed by atoms with van der Waals surface area (Å²) in [7, 11) is -1.57. The van der Waals surface area contributed by atoms with Crippen LogP contribution in [0.15, 0.2) is 65.6 Å². The predicted molar refractivity (Wildman–Crippen MR) is 123 cm³/mol. The van der Waals surface area contributed by atoms with Gasteiger partial charge in [0.1, 0.15) is 21.2 Å². The van der Waals surface area contributed by atoms with E-state index < -0.39 is 22.6 Å². The maximum absolute atomic E-state index is 14.8. The number of fused-ring (bicyclic) bond motifs is 1. The Morgan fingerprint density at radius 2 is 1.88 bits per heavy atom. The Labute approximate surface area is 190 Å². The van der Waals surface area contributed by atoms with Gasteiger partial charge >= 0.3 is 5.97 Å². The summed E-state index contributed by atoms with van der Waals surface area (Å²) < 4.78 is 27.0. The van der Waals surface area contributed by atoms with Crippen LogP contribution in [0.5, 0.6) is 0 Å². The molecule has 1 aliphatic carbocycles. The number of aromatic nitrogens is 2. The van der Waals surface area contributed by atoms with Gasteiger partial charge in [-0.05, 0) is 48.7 Å². The Morgan fingerprint density at radius 3 is 2.56 bits per heavy atom. The molecule has 0 aliphatic heterocycles. The quantitative estimate of drug-likeness (QED) is 0.407. The largest absolute Gasteiger partial charge is 0.481 e. The molecule has 8 heteroatoms. The number of rotatable bonds is 7. The highest BCUT2D eigenvalue weighted by Gasteiger charge is 2.47. The number of halogens is 1. The van der Waals surface area contributed by atoms with E-state index in [4.69, 9.17) is 10.1 Å². The Morgan fingerprint density at radius 1 is 1.09 bits per heavy atom. The molecule has 0 saturated heterocycles. The predicted octanol–water partition coefficient (Wildman–Crippen LogP) is 5.16. The number of carbonyl (C=O) groups is 1. The number of pyridine rings is 1. The van der Waals surface area contributed by atoms with E-state index in [0.717, 1.165) is 23.4 Å². The number of hydrogen-bond acceptors (Lipinski definition) is 5. The second-order valence-corrected chi connectivity index (χ2v) is 10.4. The van der Waals surface area contributed by atoms with Crippen LogP contribution in [0.2, 0.25) is 0 Å². The summed E-state index contributed by atoms with van der Waals surface area (Å²) in [6.07, 6.45) is 1.87. The summed E-state index contributed by atoms with van der Waals surface area (Å²) in [6, 6.07) is 18.6. The first-order valence-corrected chi connectivity index (χ1v) is 12.3. The van der Waals surface area contributed by atoms with Crippen molar-refractivity contribution in [3.63, 3.8) is 0 Å². The van der Waals surface area contributed by atoms with Gasteiger partial charge in [-0.1, -0.05) is 41.7 Å². The van der Waals surface area contributed by atoms with Crippen LogP contribution in [0, 0.1) is 5.82 Å². The molecular formula is C24H19FN2O3S2. The van der Waals surface area contributed by atoms with Crippen LogP contribution in [0.1, 0.15) is 30.5 Å². The Hall–Kier alpha value is -2.97. The van der Waals surface area contributed by atoms with Crippen LogP contribution in [0.3, 0.4) is 0 Å². The van der Waals surface area contributed by atoms with Gasteiger partial charge in [0.2, 0.25) is 0 Å². The Balaban J connectivity index is 1.45. The Bertz CT molecular complexity index is 1350. The van der Waals surface area contributed by atoms with Gasteiger partial charge in [-0.2, -0.15) is 0 Å². The van der Waals surface area contributed by atoms with E-state index in [1.165, 1.54) is 23.0 Å². The fraction of sp³-hybridized carbons (Fsp3) is 0.208. The molecule has 2 heterocycles. The highest BCUT2D eigenvalue weighted by atomic mass is 32.2. The summed E-state index contributed by atoms with van der Waals surface area (Å²) in [5.74, 6) is -1.61. The fourth-order valence-corrected chi connectivity index (χ4v) is 5.90.